The average Bonchev–Trinajstić information content (AvgIpc) is 3.08. The number of rotatable bonds is 1. The number of anilines is 1. The molecule has 0 bridgehead atoms. The van der Waals surface area contributed by atoms with E-state index in [-0.39, 0.29) is 16.9 Å². The van der Waals surface area contributed by atoms with Gasteiger partial charge in [0.05, 0.1) is 23.5 Å². The van der Waals surface area contributed by atoms with Crippen molar-refractivity contribution in [2.75, 3.05) is 4.90 Å². The van der Waals surface area contributed by atoms with Crippen molar-refractivity contribution in [3.05, 3.63) is 54.1 Å². The second kappa shape index (κ2) is 7.08. The van der Waals surface area contributed by atoms with Crippen LogP contribution >= 0.6 is 0 Å². The number of para-hydroxylation sites is 1. The predicted molar refractivity (Wildman–Crippen MR) is 121 cm³/mol. The molecule has 0 atom stereocenters. The van der Waals surface area contributed by atoms with Crippen LogP contribution in [0.25, 0.3) is 22.5 Å². The van der Waals surface area contributed by atoms with Crippen molar-refractivity contribution in [1.82, 2.24) is 15.0 Å². The van der Waals surface area contributed by atoms with E-state index < -0.39 is 0 Å². The minimum atomic E-state index is -0.219. The van der Waals surface area contributed by atoms with Gasteiger partial charge in [0.25, 0.3) is 0 Å². The van der Waals surface area contributed by atoms with Gasteiger partial charge in [0, 0.05) is 17.5 Å². The van der Waals surface area contributed by atoms with Gasteiger partial charge in [0.1, 0.15) is 5.69 Å². The van der Waals surface area contributed by atoms with Crippen LogP contribution in [0.3, 0.4) is 0 Å². The van der Waals surface area contributed by atoms with Gasteiger partial charge in [-0.25, -0.2) is 4.68 Å². The molecule has 5 nitrogen and oxygen atoms in total. The highest BCUT2D eigenvalue weighted by atomic mass is 16.2. The van der Waals surface area contributed by atoms with Gasteiger partial charge in [-0.2, -0.15) is 0 Å². The summed E-state index contributed by atoms with van der Waals surface area (Å²) in [5.74, 6) is 0.122. The molecule has 0 radical (unpaired) electrons. The topological polar surface area (TPSA) is 51.0 Å². The SMILES string of the molecule is CC(C)(C)CC(=O)N1Cc2ccccc2-c2c(nnn2C(C)(C)C)-c2ccccc21. The van der Waals surface area contributed by atoms with E-state index in [2.05, 4.69) is 64.0 Å². The fraction of sp³-hybridized carbons (Fsp3) is 0.400. The van der Waals surface area contributed by atoms with E-state index in [0.717, 1.165) is 33.8 Å². The molecule has 1 aliphatic heterocycles. The molecule has 30 heavy (non-hydrogen) atoms. The molecule has 1 aliphatic rings. The van der Waals surface area contributed by atoms with E-state index in [1.807, 2.05) is 46.0 Å². The molecule has 0 unspecified atom stereocenters. The Morgan fingerprint density at radius 1 is 0.933 bits per heavy atom. The lowest BCUT2D eigenvalue weighted by Crippen LogP contribution is -2.34. The Bertz CT molecular complexity index is 1100. The summed E-state index contributed by atoms with van der Waals surface area (Å²) < 4.78 is 2.00. The van der Waals surface area contributed by atoms with E-state index in [4.69, 9.17) is 0 Å². The Morgan fingerprint density at radius 2 is 1.57 bits per heavy atom. The van der Waals surface area contributed by atoms with Gasteiger partial charge in [0.2, 0.25) is 5.91 Å². The summed E-state index contributed by atoms with van der Waals surface area (Å²) in [6.45, 7) is 13.2. The number of benzene rings is 2. The zero-order chi connectivity index (χ0) is 21.7. The summed E-state index contributed by atoms with van der Waals surface area (Å²) in [5.41, 5.74) is 5.54. The maximum Gasteiger partial charge on any atom is 0.227 e. The quantitative estimate of drug-likeness (QED) is 0.528. The summed E-state index contributed by atoms with van der Waals surface area (Å²) in [7, 11) is 0. The zero-order valence-corrected chi connectivity index (χ0v) is 18.7. The average molecular weight is 403 g/mol. The number of amides is 1. The first-order valence-corrected chi connectivity index (χ1v) is 10.5. The largest absolute Gasteiger partial charge is 0.307 e. The van der Waals surface area contributed by atoms with Crippen molar-refractivity contribution in [2.24, 2.45) is 5.41 Å². The highest BCUT2D eigenvalue weighted by molar-refractivity contribution is 6.00. The van der Waals surface area contributed by atoms with E-state index >= 15 is 0 Å². The van der Waals surface area contributed by atoms with Crippen LogP contribution in [0.5, 0.6) is 0 Å². The highest BCUT2D eigenvalue weighted by Gasteiger charge is 2.32. The third kappa shape index (κ3) is 3.64. The fourth-order valence-corrected chi connectivity index (χ4v) is 4.00. The van der Waals surface area contributed by atoms with Gasteiger partial charge in [-0.05, 0) is 37.8 Å². The van der Waals surface area contributed by atoms with Crippen molar-refractivity contribution in [3.8, 4) is 22.5 Å². The van der Waals surface area contributed by atoms with Crippen molar-refractivity contribution < 1.29 is 4.79 Å². The van der Waals surface area contributed by atoms with Crippen LogP contribution in [0.2, 0.25) is 0 Å². The molecule has 1 aromatic heterocycles. The smallest absolute Gasteiger partial charge is 0.227 e. The Morgan fingerprint density at radius 3 is 2.23 bits per heavy atom. The van der Waals surface area contributed by atoms with E-state index in [1.54, 1.807) is 0 Å². The molecule has 0 aliphatic carbocycles. The Balaban J connectivity index is 2.00. The van der Waals surface area contributed by atoms with Crippen LogP contribution in [0.4, 0.5) is 5.69 Å². The molecule has 0 spiro atoms. The molecule has 0 saturated heterocycles. The number of carbonyl (C=O) groups is 1. The number of aromatic nitrogens is 3. The minimum Gasteiger partial charge on any atom is -0.307 e. The number of hydrogen-bond donors (Lipinski definition) is 0. The van der Waals surface area contributed by atoms with Gasteiger partial charge < -0.3 is 4.90 Å². The summed E-state index contributed by atoms with van der Waals surface area (Å²) in [4.78, 5) is 15.3. The molecule has 2 heterocycles. The molecule has 156 valence electrons. The molecule has 0 saturated carbocycles. The van der Waals surface area contributed by atoms with Crippen LogP contribution in [0, 0.1) is 5.41 Å². The molecule has 0 N–H and O–H groups in total. The first-order valence-electron chi connectivity index (χ1n) is 10.5. The number of fused-ring (bicyclic) bond motifs is 5. The fourth-order valence-electron chi connectivity index (χ4n) is 4.00. The van der Waals surface area contributed by atoms with Crippen LogP contribution < -0.4 is 4.90 Å². The molecule has 0 fully saturated rings. The molecule has 5 heteroatoms. The Labute approximate surface area is 178 Å². The van der Waals surface area contributed by atoms with Gasteiger partial charge in [0.15, 0.2) is 0 Å². The number of hydrogen-bond acceptors (Lipinski definition) is 3. The van der Waals surface area contributed by atoms with Crippen LogP contribution in [-0.4, -0.2) is 20.9 Å². The first kappa shape index (κ1) is 20.3. The standard InChI is InChI=1S/C25H30N4O/c1-24(2,3)15-21(30)28-16-17-11-7-8-12-18(17)23-22(19-13-9-10-14-20(19)28)26-27-29(23)25(4,5)6/h7-14H,15-16H2,1-6H3. The van der Waals surface area contributed by atoms with E-state index in [9.17, 15) is 4.79 Å². The van der Waals surface area contributed by atoms with E-state index in [0.29, 0.717) is 13.0 Å². The maximum atomic E-state index is 13.4. The Kier molecular flexibility index (Phi) is 4.80. The molecule has 4 rings (SSSR count). The lowest BCUT2D eigenvalue weighted by Gasteiger charge is -2.31. The van der Waals surface area contributed by atoms with Crippen LogP contribution in [0.15, 0.2) is 48.5 Å². The van der Waals surface area contributed by atoms with E-state index in [1.165, 1.54) is 0 Å². The highest BCUT2D eigenvalue weighted by Crippen LogP contribution is 2.42. The Hall–Kier alpha value is -2.95. The predicted octanol–water partition coefficient (Wildman–Crippen LogP) is 5.65. The number of carbonyl (C=O) groups excluding carboxylic acids is 1. The third-order valence-corrected chi connectivity index (χ3v) is 5.34. The van der Waals surface area contributed by atoms with Crippen molar-refractivity contribution in [1.29, 1.82) is 0 Å². The second-order valence-electron chi connectivity index (χ2n) is 10.3. The van der Waals surface area contributed by atoms with Gasteiger partial charge in [-0.1, -0.05) is 68.4 Å². The third-order valence-electron chi connectivity index (χ3n) is 5.34. The lowest BCUT2D eigenvalue weighted by molar-refractivity contribution is -0.120. The van der Waals surface area contributed by atoms with Gasteiger partial charge >= 0.3 is 0 Å². The molecule has 3 aromatic rings. The normalized spacial score (nSPS) is 13.7. The molecule has 2 aromatic carbocycles. The first-order chi connectivity index (χ1) is 14.1. The van der Waals surface area contributed by atoms with Gasteiger partial charge in [-0.3, -0.25) is 4.79 Å². The van der Waals surface area contributed by atoms with Crippen LogP contribution in [-0.2, 0) is 16.9 Å². The van der Waals surface area contributed by atoms with Crippen molar-refractivity contribution in [2.45, 2.75) is 60.0 Å². The summed E-state index contributed by atoms with van der Waals surface area (Å²) in [6.07, 6.45) is 0.477. The summed E-state index contributed by atoms with van der Waals surface area (Å²) >= 11 is 0. The molecular weight excluding hydrogens is 372 g/mol. The second-order valence-corrected chi connectivity index (χ2v) is 10.3. The minimum absolute atomic E-state index is 0.0888. The van der Waals surface area contributed by atoms with Crippen LogP contribution in [0.1, 0.15) is 53.5 Å². The molecular formula is C25H30N4O. The monoisotopic (exact) mass is 402 g/mol. The zero-order valence-electron chi connectivity index (χ0n) is 18.7. The molecule has 1 amide bonds. The summed E-state index contributed by atoms with van der Waals surface area (Å²) in [6, 6.07) is 16.3. The lowest BCUT2D eigenvalue weighted by atomic mass is 9.90. The van der Waals surface area contributed by atoms with Gasteiger partial charge in [-0.15, -0.1) is 5.10 Å². The maximum absolute atomic E-state index is 13.4. The van der Waals surface area contributed by atoms with Crippen molar-refractivity contribution in [3.63, 3.8) is 0 Å². The van der Waals surface area contributed by atoms with Crippen molar-refractivity contribution >= 4 is 11.6 Å². The summed E-state index contributed by atoms with van der Waals surface area (Å²) in [5, 5.41) is 9.15. The number of nitrogens with zero attached hydrogens (tertiary/aromatic N) is 4.